The van der Waals surface area contributed by atoms with Gasteiger partial charge in [-0.15, -0.1) is 0 Å². The van der Waals surface area contributed by atoms with Crippen molar-refractivity contribution in [1.82, 2.24) is 0 Å². The molecule has 0 saturated heterocycles. The largest absolute Gasteiger partial charge is 0.381 e. The van der Waals surface area contributed by atoms with Crippen LogP contribution in [0.15, 0.2) is 0 Å². The van der Waals surface area contributed by atoms with Crippen LogP contribution in [0.5, 0.6) is 0 Å². The van der Waals surface area contributed by atoms with Gasteiger partial charge in [0, 0.05) is 13.7 Å². The SMILES string of the molecule is COC1CCCC(OCCC2CCCC2(N)C#N)C1. The fourth-order valence-electron chi connectivity index (χ4n) is 3.50. The summed E-state index contributed by atoms with van der Waals surface area (Å²) in [6, 6.07) is 2.30. The molecule has 4 heteroatoms. The Balaban J connectivity index is 1.70. The molecule has 2 fully saturated rings. The first-order valence-corrected chi connectivity index (χ1v) is 7.52. The number of hydrogen-bond acceptors (Lipinski definition) is 4. The monoisotopic (exact) mass is 266 g/mol. The number of nitriles is 1. The van der Waals surface area contributed by atoms with Crippen molar-refractivity contribution in [2.24, 2.45) is 11.7 Å². The van der Waals surface area contributed by atoms with Gasteiger partial charge in [0.15, 0.2) is 0 Å². The Morgan fingerprint density at radius 2 is 2.05 bits per heavy atom. The fraction of sp³-hybridized carbons (Fsp3) is 0.933. The van der Waals surface area contributed by atoms with Crippen molar-refractivity contribution in [3.8, 4) is 6.07 Å². The summed E-state index contributed by atoms with van der Waals surface area (Å²) in [6.07, 6.45) is 9.06. The lowest BCUT2D eigenvalue weighted by Crippen LogP contribution is -2.42. The first-order chi connectivity index (χ1) is 9.18. The van der Waals surface area contributed by atoms with E-state index < -0.39 is 5.54 Å². The van der Waals surface area contributed by atoms with Crippen LogP contribution in [0, 0.1) is 17.2 Å². The molecule has 0 spiro atoms. The Bertz CT molecular complexity index is 329. The summed E-state index contributed by atoms with van der Waals surface area (Å²) in [7, 11) is 1.78. The summed E-state index contributed by atoms with van der Waals surface area (Å²) in [5, 5.41) is 9.18. The summed E-state index contributed by atoms with van der Waals surface area (Å²) in [6.45, 7) is 0.729. The number of nitrogens with two attached hydrogens (primary N) is 1. The van der Waals surface area contributed by atoms with E-state index in [4.69, 9.17) is 15.2 Å². The van der Waals surface area contributed by atoms with Crippen LogP contribution in [0.2, 0.25) is 0 Å². The van der Waals surface area contributed by atoms with Crippen molar-refractivity contribution in [3.05, 3.63) is 0 Å². The molecule has 2 N–H and O–H groups in total. The Labute approximate surface area is 116 Å². The first kappa shape index (κ1) is 14.8. The average Bonchev–Trinajstić information content (AvgIpc) is 2.81. The molecule has 19 heavy (non-hydrogen) atoms. The molecule has 4 unspecified atom stereocenters. The number of methoxy groups -OCH3 is 1. The van der Waals surface area contributed by atoms with Crippen LogP contribution >= 0.6 is 0 Å². The van der Waals surface area contributed by atoms with E-state index in [0.717, 1.165) is 51.6 Å². The summed E-state index contributed by atoms with van der Waals surface area (Å²) in [5.41, 5.74) is 5.52. The second-order valence-electron chi connectivity index (χ2n) is 6.05. The third kappa shape index (κ3) is 3.68. The van der Waals surface area contributed by atoms with Crippen molar-refractivity contribution in [2.75, 3.05) is 13.7 Å². The minimum Gasteiger partial charge on any atom is -0.381 e. The Hall–Kier alpha value is -0.630. The number of ether oxygens (including phenoxy) is 2. The number of hydrogen-bond donors (Lipinski definition) is 1. The maximum Gasteiger partial charge on any atom is 0.107 e. The molecular formula is C15H26N2O2. The lowest BCUT2D eigenvalue weighted by atomic mass is 9.87. The van der Waals surface area contributed by atoms with E-state index in [1.807, 2.05) is 0 Å². The van der Waals surface area contributed by atoms with Crippen LogP contribution in [-0.2, 0) is 9.47 Å². The normalized spacial score (nSPS) is 39.1. The number of nitrogens with zero attached hydrogens (tertiary/aromatic N) is 1. The van der Waals surface area contributed by atoms with Gasteiger partial charge in [0.05, 0.1) is 18.3 Å². The van der Waals surface area contributed by atoms with Crippen molar-refractivity contribution in [2.45, 2.75) is 69.1 Å². The Morgan fingerprint density at radius 1 is 1.26 bits per heavy atom. The molecule has 0 aliphatic heterocycles. The highest BCUT2D eigenvalue weighted by Gasteiger charge is 2.39. The van der Waals surface area contributed by atoms with Gasteiger partial charge in [-0.05, 0) is 50.9 Å². The second-order valence-corrected chi connectivity index (χ2v) is 6.05. The van der Waals surface area contributed by atoms with Crippen LogP contribution in [0.1, 0.15) is 51.4 Å². The molecule has 4 atom stereocenters. The van der Waals surface area contributed by atoms with Gasteiger partial charge in [-0.2, -0.15) is 5.26 Å². The zero-order valence-electron chi connectivity index (χ0n) is 11.9. The molecule has 2 aliphatic rings. The first-order valence-electron chi connectivity index (χ1n) is 7.52. The third-order valence-corrected chi connectivity index (χ3v) is 4.81. The molecule has 0 amide bonds. The molecule has 2 rings (SSSR count). The lowest BCUT2D eigenvalue weighted by Gasteiger charge is -2.29. The van der Waals surface area contributed by atoms with E-state index in [2.05, 4.69) is 6.07 Å². The standard InChI is InChI=1S/C15H26N2O2/c1-18-13-5-2-6-14(10-13)19-9-7-12-4-3-8-15(12,17)11-16/h12-14H,2-10,17H2,1H3. The van der Waals surface area contributed by atoms with E-state index in [0.29, 0.717) is 18.1 Å². The van der Waals surface area contributed by atoms with Crippen molar-refractivity contribution in [1.29, 1.82) is 5.26 Å². The van der Waals surface area contributed by atoms with Crippen molar-refractivity contribution < 1.29 is 9.47 Å². The predicted octanol–water partition coefficient (Wildman–Crippen LogP) is 2.37. The molecule has 0 bridgehead atoms. The van der Waals surface area contributed by atoms with Crippen LogP contribution in [0.4, 0.5) is 0 Å². The van der Waals surface area contributed by atoms with Gasteiger partial charge in [0.25, 0.3) is 0 Å². The van der Waals surface area contributed by atoms with Gasteiger partial charge in [0.1, 0.15) is 5.54 Å². The maximum atomic E-state index is 9.18. The van der Waals surface area contributed by atoms with Gasteiger partial charge in [-0.1, -0.05) is 6.42 Å². The zero-order chi connectivity index (χ0) is 13.7. The Morgan fingerprint density at radius 3 is 2.79 bits per heavy atom. The molecule has 0 aromatic rings. The minimum absolute atomic E-state index is 0.305. The highest BCUT2D eigenvalue weighted by atomic mass is 16.5. The third-order valence-electron chi connectivity index (χ3n) is 4.81. The summed E-state index contributed by atoms with van der Waals surface area (Å²) in [4.78, 5) is 0. The molecule has 4 nitrogen and oxygen atoms in total. The summed E-state index contributed by atoms with van der Waals surface area (Å²) in [5.74, 6) is 0.305. The summed E-state index contributed by atoms with van der Waals surface area (Å²) >= 11 is 0. The van der Waals surface area contributed by atoms with E-state index in [1.54, 1.807) is 7.11 Å². The van der Waals surface area contributed by atoms with E-state index in [-0.39, 0.29) is 0 Å². The molecule has 2 aliphatic carbocycles. The van der Waals surface area contributed by atoms with Crippen LogP contribution in [-0.4, -0.2) is 31.5 Å². The smallest absolute Gasteiger partial charge is 0.107 e. The van der Waals surface area contributed by atoms with Gasteiger partial charge in [0.2, 0.25) is 0 Å². The fourth-order valence-corrected chi connectivity index (χ4v) is 3.50. The van der Waals surface area contributed by atoms with Crippen LogP contribution in [0.3, 0.4) is 0 Å². The van der Waals surface area contributed by atoms with Gasteiger partial charge < -0.3 is 15.2 Å². The molecule has 0 aromatic carbocycles. The lowest BCUT2D eigenvalue weighted by molar-refractivity contribution is -0.0333. The van der Waals surface area contributed by atoms with E-state index in [1.165, 1.54) is 6.42 Å². The molecule has 0 heterocycles. The zero-order valence-corrected chi connectivity index (χ0v) is 11.9. The minimum atomic E-state index is -0.606. The highest BCUT2D eigenvalue weighted by Crippen LogP contribution is 2.35. The number of rotatable bonds is 5. The molecular weight excluding hydrogens is 240 g/mol. The average molecular weight is 266 g/mol. The van der Waals surface area contributed by atoms with E-state index >= 15 is 0 Å². The van der Waals surface area contributed by atoms with Crippen molar-refractivity contribution >= 4 is 0 Å². The molecule has 0 radical (unpaired) electrons. The van der Waals surface area contributed by atoms with Gasteiger partial charge in [-0.25, -0.2) is 0 Å². The maximum absolute atomic E-state index is 9.18. The molecule has 2 saturated carbocycles. The van der Waals surface area contributed by atoms with Gasteiger partial charge >= 0.3 is 0 Å². The van der Waals surface area contributed by atoms with Gasteiger partial charge in [-0.3, -0.25) is 0 Å². The quantitative estimate of drug-likeness (QED) is 0.829. The van der Waals surface area contributed by atoms with Crippen LogP contribution < -0.4 is 5.73 Å². The predicted molar refractivity (Wildman–Crippen MR) is 73.5 cm³/mol. The Kier molecular flexibility index (Phi) is 5.20. The van der Waals surface area contributed by atoms with E-state index in [9.17, 15) is 5.26 Å². The highest BCUT2D eigenvalue weighted by molar-refractivity contribution is 5.11. The topological polar surface area (TPSA) is 68.3 Å². The molecule has 0 aromatic heterocycles. The second kappa shape index (κ2) is 6.69. The van der Waals surface area contributed by atoms with Crippen molar-refractivity contribution in [3.63, 3.8) is 0 Å². The molecule has 108 valence electrons. The van der Waals surface area contributed by atoms with Crippen LogP contribution in [0.25, 0.3) is 0 Å². The summed E-state index contributed by atoms with van der Waals surface area (Å²) < 4.78 is 11.4.